The van der Waals surface area contributed by atoms with Crippen LogP contribution in [-0.2, 0) is 17.6 Å². The maximum atomic E-state index is 12.6. The molecular formula is C21H28N2OS. The van der Waals surface area contributed by atoms with E-state index >= 15 is 0 Å². The number of rotatable bonds is 7. The zero-order valence-corrected chi connectivity index (χ0v) is 15.9. The summed E-state index contributed by atoms with van der Waals surface area (Å²) in [5.41, 5.74) is 1.38. The number of benzene rings is 1. The minimum absolute atomic E-state index is 0.314. The van der Waals surface area contributed by atoms with Crippen LogP contribution in [0.15, 0.2) is 47.8 Å². The fourth-order valence-electron chi connectivity index (χ4n) is 3.52. The number of likely N-dealkylation sites (N-methyl/N-ethyl adjacent to an activating group) is 1. The molecule has 1 aliphatic rings. The van der Waals surface area contributed by atoms with E-state index in [1.54, 1.807) is 11.3 Å². The molecule has 2 aromatic rings. The van der Waals surface area contributed by atoms with Gasteiger partial charge in [-0.25, -0.2) is 0 Å². The van der Waals surface area contributed by atoms with E-state index in [9.17, 15) is 4.79 Å². The number of carbonyl (C=O) groups excluding carboxylic acids is 1. The molecule has 1 aromatic carbocycles. The van der Waals surface area contributed by atoms with Crippen LogP contribution >= 0.6 is 11.3 Å². The fourth-order valence-corrected chi connectivity index (χ4v) is 4.23. The summed E-state index contributed by atoms with van der Waals surface area (Å²) in [6.45, 7) is 2.85. The predicted octanol–water partition coefficient (Wildman–Crippen LogP) is 3.85. The van der Waals surface area contributed by atoms with Gasteiger partial charge in [-0.15, -0.1) is 11.3 Å². The first-order chi connectivity index (χ1) is 12.2. The minimum Gasteiger partial charge on any atom is -0.341 e. The van der Waals surface area contributed by atoms with Gasteiger partial charge in [-0.1, -0.05) is 36.4 Å². The molecule has 1 unspecified atom stereocenters. The first kappa shape index (κ1) is 18.2. The Kier molecular flexibility index (Phi) is 6.65. The lowest BCUT2D eigenvalue weighted by atomic mass is 10.0. The number of aryl methyl sites for hydroxylation is 1. The molecule has 25 heavy (non-hydrogen) atoms. The van der Waals surface area contributed by atoms with Crippen molar-refractivity contribution in [2.75, 3.05) is 26.7 Å². The number of carbonyl (C=O) groups is 1. The summed E-state index contributed by atoms with van der Waals surface area (Å²) in [5.74, 6) is 0.314. The van der Waals surface area contributed by atoms with Gasteiger partial charge in [-0.05, 0) is 49.7 Å². The van der Waals surface area contributed by atoms with Crippen LogP contribution in [0.5, 0.6) is 0 Å². The van der Waals surface area contributed by atoms with Gasteiger partial charge in [0.15, 0.2) is 0 Å². The van der Waals surface area contributed by atoms with Crippen LogP contribution in [0, 0.1) is 0 Å². The maximum Gasteiger partial charge on any atom is 0.222 e. The molecule has 0 spiro atoms. The van der Waals surface area contributed by atoms with Crippen molar-refractivity contribution in [2.24, 2.45) is 0 Å². The van der Waals surface area contributed by atoms with Crippen molar-refractivity contribution < 1.29 is 4.79 Å². The highest BCUT2D eigenvalue weighted by Gasteiger charge is 2.25. The number of piperidine rings is 1. The lowest BCUT2D eigenvalue weighted by Gasteiger charge is -2.37. The second-order valence-electron chi connectivity index (χ2n) is 6.93. The Labute approximate surface area is 155 Å². The van der Waals surface area contributed by atoms with E-state index in [0.29, 0.717) is 18.4 Å². The van der Waals surface area contributed by atoms with Gasteiger partial charge in [0.25, 0.3) is 0 Å². The average Bonchev–Trinajstić information content (AvgIpc) is 3.18. The minimum atomic E-state index is 0.314. The van der Waals surface area contributed by atoms with Crippen molar-refractivity contribution in [2.45, 2.75) is 38.1 Å². The van der Waals surface area contributed by atoms with Crippen LogP contribution in [0.2, 0.25) is 0 Å². The molecular weight excluding hydrogens is 328 g/mol. The normalized spacial score (nSPS) is 17.8. The van der Waals surface area contributed by atoms with Crippen molar-refractivity contribution >= 4 is 17.2 Å². The van der Waals surface area contributed by atoms with Gasteiger partial charge in [0, 0.05) is 37.0 Å². The van der Waals surface area contributed by atoms with Crippen LogP contribution < -0.4 is 0 Å². The van der Waals surface area contributed by atoms with Crippen LogP contribution in [-0.4, -0.2) is 48.4 Å². The van der Waals surface area contributed by atoms with Gasteiger partial charge < -0.3 is 9.80 Å². The van der Waals surface area contributed by atoms with Gasteiger partial charge in [-0.3, -0.25) is 4.79 Å². The van der Waals surface area contributed by atoms with Gasteiger partial charge in [0.1, 0.15) is 0 Å². The molecule has 134 valence electrons. The van der Waals surface area contributed by atoms with E-state index in [0.717, 1.165) is 38.9 Å². The van der Waals surface area contributed by atoms with Crippen LogP contribution in [0.25, 0.3) is 0 Å². The van der Waals surface area contributed by atoms with Gasteiger partial charge in [0.05, 0.1) is 0 Å². The van der Waals surface area contributed by atoms with E-state index < -0.39 is 0 Å². The molecule has 0 saturated carbocycles. The molecule has 1 atom stereocenters. The lowest BCUT2D eigenvalue weighted by Crippen LogP contribution is -2.49. The van der Waals surface area contributed by atoms with E-state index in [1.165, 1.54) is 16.9 Å². The van der Waals surface area contributed by atoms with E-state index in [-0.39, 0.29) is 0 Å². The smallest absolute Gasteiger partial charge is 0.222 e. The number of nitrogens with zero attached hydrogens (tertiary/aromatic N) is 2. The largest absolute Gasteiger partial charge is 0.341 e. The van der Waals surface area contributed by atoms with Crippen molar-refractivity contribution in [1.82, 2.24) is 9.80 Å². The second kappa shape index (κ2) is 9.16. The molecule has 1 aliphatic heterocycles. The fraction of sp³-hybridized carbons (Fsp3) is 0.476. The zero-order chi connectivity index (χ0) is 17.5. The van der Waals surface area contributed by atoms with Crippen LogP contribution in [0.1, 0.15) is 29.7 Å². The van der Waals surface area contributed by atoms with Crippen molar-refractivity contribution in [3.8, 4) is 0 Å². The van der Waals surface area contributed by atoms with E-state index in [4.69, 9.17) is 0 Å². The maximum absolute atomic E-state index is 12.6. The molecule has 1 amide bonds. The highest BCUT2D eigenvalue weighted by Crippen LogP contribution is 2.18. The number of likely N-dealkylation sites (tertiary alicyclic amines) is 1. The Bertz CT molecular complexity index is 641. The standard InChI is InChI=1S/C21H28N2OS/c1-22(15-13-18-7-3-2-4-8-18)19-9-5-14-23(17-19)21(24)12-11-20-10-6-16-25-20/h2-4,6-8,10,16,19H,5,9,11-15,17H2,1H3. The monoisotopic (exact) mass is 356 g/mol. The van der Waals surface area contributed by atoms with Crippen LogP contribution in [0.4, 0.5) is 0 Å². The molecule has 1 fully saturated rings. The molecule has 3 nitrogen and oxygen atoms in total. The first-order valence-corrected chi connectivity index (χ1v) is 10.1. The predicted molar refractivity (Wildman–Crippen MR) is 105 cm³/mol. The Hall–Kier alpha value is -1.65. The summed E-state index contributed by atoms with van der Waals surface area (Å²) >= 11 is 1.74. The summed E-state index contributed by atoms with van der Waals surface area (Å²) in [5, 5.41) is 2.08. The molecule has 0 bridgehead atoms. The Morgan fingerprint density at radius 1 is 1.20 bits per heavy atom. The molecule has 0 aliphatic carbocycles. The van der Waals surface area contributed by atoms with Crippen LogP contribution in [0.3, 0.4) is 0 Å². The van der Waals surface area contributed by atoms with E-state index in [2.05, 4.69) is 64.7 Å². The van der Waals surface area contributed by atoms with Gasteiger partial charge >= 0.3 is 0 Å². The third-order valence-corrected chi connectivity index (χ3v) is 6.07. The number of hydrogen-bond acceptors (Lipinski definition) is 3. The molecule has 2 heterocycles. The quantitative estimate of drug-likeness (QED) is 0.752. The van der Waals surface area contributed by atoms with Crippen molar-refractivity contribution in [3.05, 3.63) is 58.3 Å². The van der Waals surface area contributed by atoms with Crippen molar-refractivity contribution in [3.63, 3.8) is 0 Å². The third kappa shape index (κ3) is 5.41. The summed E-state index contributed by atoms with van der Waals surface area (Å²) in [6.07, 6.45) is 4.90. The third-order valence-electron chi connectivity index (χ3n) is 5.13. The average molecular weight is 357 g/mol. The summed E-state index contributed by atoms with van der Waals surface area (Å²) < 4.78 is 0. The number of amides is 1. The molecule has 1 aromatic heterocycles. The van der Waals surface area contributed by atoms with Gasteiger partial charge in [0.2, 0.25) is 5.91 Å². The molecule has 4 heteroatoms. The van der Waals surface area contributed by atoms with Gasteiger partial charge in [-0.2, -0.15) is 0 Å². The second-order valence-corrected chi connectivity index (χ2v) is 7.96. The SMILES string of the molecule is CN(CCc1ccccc1)C1CCCN(C(=O)CCc2cccs2)C1. The Balaban J connectivity index is 1.45. The summed E-state index contributed by atoms with van der Waals surface area (Å²) in [6, 6.07) is 15.3. The molecule has 1 saturated heterocycles. The highest BCUT2D eigenvalue weighted by atomic mass is 32.1. The summed E-state index contributed by atoms with van der Waals surface area (Å²) in [7, 11) is 2.20. The molecule has 0 N–H and O–H groups in total. The van der Waals surface area contributed by atoms with E-state index in [1.807, 2.05) is 0 Å². The molecule has 0 radical (unpaired) electrons. The Morgan fingerprint density at radius 2 is 2.04 bits per heavy atom. The topological polar surface area (TPSA) is 23.6 Å². The summed E-state index contributed by atoms with van der Waals surface area (Å²) in [4.78, 5) is 18.4. The first-order valence-electron chi connectivity index (χ1n) is 9.26. The Morgan fingerprint density at radius 3 is 2.80 bits per heavy atom. The highest BCUT2D eigenvalue weighted by molar-refractivity contribution is 7.09. The number of thiophene rings is 1. The molecule has 3 rings (SSSR count). The zero-order valence-electron chi connectivity index (χ0n) is 15.1. The van der Waals surface area contributed by atoms with Crippen molar-refractivity contribution in [1.29, 1.82) is 0 Å². The number of hydrogen-bond donors (Lipinski definition) is 0. The lowest BCUT2D eigenvalue weighted by molar-refractivity contribution is -0.133.